The molecule has 0 aromatic heterocycles. The Morgan fingerprint density at radius 3 is 2.60 bits per heavy atom. The summed E-state index contributed by atoms with van der Waals surface area (Å²) in [4.78, 5) is 11.9. The van der Waals surface area contributed by atoms with Crippen molar-refractivity contribution in [3.8, 4) is 11.5 Å². The van der Waals surface area contributed by atoms with Crippen LogP contribution in [0.15, 0.2) is 12.1 Å². The summed E-state index contributed by atoms with van der Waals surface area (Å²) in [5.41, 5.74) is 1.97. The van der Waals surface area contributed by atoms with E-state index in [-0.39, 0.29) is 11.9 Å². The fourth-order valence-corrected chi connectivity index (χ4v) is 2.51. The average Bonchev–Trinajstić information content (AvgIpc) is 2.70. The van der Waals surface area contributed by atoms with E-state index in [1.807, 2.05) is 46.8 Å². The fourth-order valence-electron chi connectivity index (χ4n) is 2.51. The fraction of sp³-hybridized carbons (Fsp3) is 0.562. The molecule has 0 saturated carbocycles. The first-order valence-electron chi connectivity index (χ1n) is 7.10. The number of carbonyl (C=O) groups is 1. The van der Waals surface area contributed by atoms with Crippen LogP contribution >= 0.6 is 0 Å². The van der Waals surface area contributed by atoms with E-state index in [2.05, 4.69) is 0 Å². The molecule has 1 heterocycles. The van der Waals surface area contributed by atoms with Crippen LogP contribution in [0.5, 0.6) is 11.5 Å². The van der Waals surface area contributed by atoms with Crippen molar-refractivity contribution in [1.29, 1.82) is 0 Å². The van der Waals surface area contributed by atoms with Gasteiger partial charge in [0.25, 0.3) is 0 Å². The Balaban J connectivity index is 2.40. The Kier molecular flexibility index (Phi) is 3.93. The minimum absolute atomic E-state index is 0.208. The van der Waals surface area contributed by atoms with Gasteiger partial charge in [-0.05, 0) is 31.9 Å². The molecule has 4 heteroatoms. The van der Waals surface area contributed by atoms with Gasteiger partial charge in [-0.2, -0.15) is 0 Å². The third kappa shape index (κ3) is 2.60. The maximum absolute atomic E-state index is 11.9. The number of hydrogen-bond acceptors (Lipinski definition) is 4. The monoisotopic (exact) mass is 278 g/mol. The number of benzene rings is 1. The predicted molar refractivity (Wildman–Crippen MR) is 76.2 cm³/mol. The number of esters is 1. The molecule has 1 aromatic rings. The highest BCUT2D eigenvalue weighted by molar-refractivity contribution is 5.79. The second-order valence-corrected chi connectivity index (χ2v) is 5.39. The molecule has 0 radical (unpaired) electrons. The third-order valence-electron chi connectivity index (χ3n) is 3.42. The van der Waals surface area contributed by atoms with E-state index in [0.717, 1.165) is 29.0 Å². The smallest absolute Gasteiger partial charge is 0.313 e. The summed E-state index contributed by atoms with van der Waals surface area (Å²) in [6.45, 7) is 9.86. The molecule has 1 aliphatic heterocycles. The molecule has 20 heavy (non-hydrogen) atoms. The Hall–Kier alpha value is -1.71. The molecule has 2 rings (SSSR count). The zero-order chi connectivity index (χ0) is 14.9. The standard InChI is InChI=1S/C16H22O4/c1-6-11-12(10(3)15(17)18-7-2)8-9-13-14(11)20-16(4,5)19-13/h8-10H,6-7H2,1-5H3. The van der Waals surface area contributed by atoms with Crippen molar-refractivity contribution in [3.05, 3.63) is 23.3 Å². The van der Waals surface area contributed by atoms with Crippen LogP contribution in [0.3, 0.4) is 0 Å². The van der Waals surface area contributed by atoms with Gasteiger partial charge in [0.15, 0.2) is 11.5 Å². The van der Waals surface area contributed by atoms with Gasteiger partial charge in [-0.25, -0.2) is 0 Å². The zero-order valence-corrected chi connectivity index (χ0v) is 12.8. The molecule has 1 aromatic carbocycles. The van der Waals surface area contributed by atoms with Gasteiger partial charge < -0.3 is 14.2 Å². The molecule has 0 saturated heterocycles. The average molecular weight is 278 g/mol. The van der Waals surface area contributed by atoms with E-state index in [9.17, 15) is 4.79 Å². The van der Waals surface area contributed by atoms with Gasteiger partial charge in [-0.1, -0.05) is 13.0 Å². The maximum Gasteiger partial charge on any atom is 0.313 e. The number of carbonyl (C=O) groups excluding carboxylic acids is 1. The molecule has 0 aliphatic carbocycles. The van der Waals surface area contributed by atoms with E-state index in [0.29, 0.717) is 6.61 Å². The van der Waals surface area contributed by atoms with E-state index in [1.54, 1.807) is 0 Å². The van der Waals surface area contributed by atoms with Gasteiger partial charge >= 0.3 is 5.97 Å². The SMILES string of the molecule is CCOC(=O)C(C)c1ccc2c(c1CC)OC(C)(C)O2. The van der Waals surface area contributed by atoms with Crippen LogP contribution in [0, 0.1) is 0 Å². The van der Waals surface area contributed by atoms with Gasteiger partial charge in [0.2, 0.25) is 5.79 Å². The Morgan fingerprint density at radius 1 is 1.30 bits per heavy atom. The molecule has 0 bridgehead atoms. The molecule has 0 spiro atoms. The van der Waals surface area contributed by atoms with Gasteiger partial charge in [-0.3, -0.25) is 4.79 Å². The van der Waals surface area contributed by atoms with Crippen molar-refractivity contribution in [2.45, 2.75) is 52.7 Å². The largest absolute Gasteiger partial charge is 0.466 e. The van der Waals surface area contributed by atoms with Gasteiger partial charge in [0, 0.05) is 19.4 Å². The normalized spacial score (nSPS) is 16.9. The van der Waals surface area contributed by atoms with Crippen LogP contribution in [-0.2, 0) is 16.0 Å². The predicted octanol–water partition coefficient (Wildman–Crippen LogP) is 3.42. The molecule has 4 nitrogen and oxygen atoms in total. The Morgan fingerprint density at radius 2 is 2.00 bits per heavy atom. The molecule has 0 amide bonds. The maximum atomic E-state index is 11.9. The molecular formula is C16H22O4. The summed E-state index contributed by atoms with van der Waals surface area (Å²) >= 11 is 0. The van der Waals surface area contributed by atoms with Crippen molar-refractivity contribution < 1.29 is 19.0 Å². The van der Waals surface area contributed by atoms with Gasteiger partial charge in [0.05, 0.1) is 12.5 Å². The first kappa shape index (κ1) is 14.7. The van der Waals surface area contributed by atoms with Crippen molar-refractivity contribution in [3.63, 3.8) is 0 Å². The second kappa shape index (κ2) is 5.35. The first-order chi connectivity index (χ1) is 9.39. The Bertz CT molecular complexity index is 519. The number of fused-ring (bicyclic) bond motifs is 1. The molecule has 0 fully saturated rings. The minimum atomic E-state index is -0.655. The van der Waals surface area contributed by atoms with Crippen molar-refractivity contribution in [2.75, 3.05) is 6.61 Å². The van der Waals surface area contributed by atoms with E-state index < -0.39 is 5.79 Å². The molecule has 1 aliphatic rings. The topological polar surface area (TPSA) is 44.8 Å². The number of hydrogen-bond donors (Lipinski definition) is 0. The second-order valence-electron chi connectivity index (χ2n) is 5.39. The number of rotatable bonds is 4. The van der Waals surface area contributed by atoms with Crippen LogP contribution in [0.1, 0.15) is 51.7 Å². The van der Waals surface area contributed by atoms with Crippen LogP contribution < -0.4 is 9.47 Å². The lowest BCUT2D eigenvalue weighted by atomic mass is 9.93. The highest BCUT2D eigenvalue weighted by atomic mass is 16.7. The summed E-state index contributed by atoms with van der Waals surface area (Å²) in [5.74, 6) is 0.332. The number of ether oxygens (including phenoxy) is 3. The van der Waals surface area contributed by atoms with Crippen molar-refractivity contribution in [2.24, 2.45) is 0 Å². The molecule has 1 unspecified atom stereocenters. The summed E-state index contributed by atoms with van der Waals surface area (Å²) < 4.78 is 16.7. The highest BCUT2D eigenvalue weighted by Gasteiger charge is 2.35. The highest BCUT2D eigenvalue weighted by Crippen LogP contribution is 2.44. The molecule has 0 N–H and O–H groups in total. The van der Waals surface area contributed by atoms with E-state index in [4.69, 9.17) is 14.2 Å². The van der Waals surface area contributed by atoms with Crippen LogP contribution in [0.2, 0.25) is 0 Å². The van der Waals surface area contributed by atoms with E-state index >= 15 is 0 Å². The van der Waals surface area contributed by atoms with Crippen molar-refractivity contribution >= 4 is 5.97 Å². The quantitative estimate of drug-likeness (QED) is 0.792. The van der Waals surface area contributed by atoms with Crippen LogP contribution in [0.4, 0.5) is 0 Å². The third-order valence-corrected chi connectivity index (χ3v) is 3.42. The van der Waals surface area contributed by atoms with Crippen LogP contribution in [-0.4, -0.2) is 18.4 Å². The first-order valence-corrected chi connectivity index (χ1v) is 7.10. The molecular weight excluding hydrogens is 256 g/mol. The lowest BCUT2D eigenvalue weighted by Gasteiger charge is -2.18. The Labute approximate surface area is 120 Å². The molecule has 110 valence electrons. The van der Waals surface area contributed by atoms with Crippen molar-refractivity contribution in [1.82, 2.24) is 0 Å². The zero-order valence-electron chi connectivity index (χ0n) is 12.8. The van der Waals surface area contributed by atoms with E-state index in [1.165, 1.54) is 0 Å². The summed E-state index contributed by atoms with van der Waals surface area (Å²) in [6, 6.07) is 3.80. The summed E-state index contributed by atoms with van der Waals surface area (Å²) in [7, 11) is 0. The lowest BCUT2D eigenvalue weighted by molar-refractivity contribution is -0.144. The summed E-state index contributed by atoms with van der Waals surface area (Å²) in [5, 5.41) is 0. The van der Waals surface area contributed by atoms with Gasteiger partial charge in [0.1, 0.15) is 0 Å². The van der Waals surface area contributed by atoms with Crippen LogP contribution in [0.25, 0.3) is 0 Å². The van der Waals surface area contributed by atoms with Gasteiger partial charge in [-0.15, -0.1) is 0 Å². The minimum Gasteiger partial charge on any atom is -0.466 e. The summed E-state index contributed by atoms with van der Waals surface area (Å²) in [6.07, 6.45) is 0.779. The molecule has 1 atom stereocenters. The lowest BCUT2D eigenvalue weighted by Crippen LogP contribution is -2.30.